The summed E-state index contributed by atoms with van der Waals surface area (Å²) in [4.78, 5) is 45.1. The van der Waals surface area contributed by atoms with Gasteiger partial charge in [-0.1, -0.05) is 119 Å². The minimum Gasteiger partial charge on any atom is -0.445 e. The molecule has 9 N–H and O–H groups in total. The Morgan fingerprint density at radius 3 is 1.48 bits per heavy atom. The van der Waals surface area contributed by atoms with Crippen molar-refractivity contribution in [2.24, 2.45) is 11.5 Å². The van der Waals surface area contributed by atoms with Crippen molar-refractivity contribution < 1.29 is 31.7 Å². The van der Waals surface area contributed by atoms with Gasteiger partial charge in [-0.05, 0) is 93.3 Å². The van der Waals surface area contributed by atoms with E-state index in [0.717, 1.165) is 64.0 Å². The average molecular weight is 1320 g/mol. The minimum atomic E-state index is -1.67. The van der Waals surface area contributed by atoms with Gasteiger partial charge in [0.2, 0.25) is 21.0 Å². The van der Waals surface area contributed by atoms with Crippen molar-refractivity contribution in [3.05, 3.63) is 165 Å². The third-order valence-corrected chi connectivity index (χ3v) is 16.2. The van der Waals surface area contributed by atoms with Gasteiger partial charge in [0.15, 0.2) is 22.3 Å². The molecule has 5 aliphatic heterocycles. The lowest BCUT2D eigenvalue weighted by atomic mass is 10.1. The van der Waals surface area contributed by atoms with E-state index in [4.69, 9.17) is 33.6 Å². The molecular weight excluding hydrogens is 1240 g/mol. The fraction of sp³-hybridized carbons (Fsp3) is 0.500. The molecule has 0 spiro atoms. The molecule has 4 atom stereocenters. The van der Waals surface area contributed by atoms with Gasteiger partial charge in [-0.2, -0.15) is 0 Å². The summed E-state index contributed by atoms with van der Waals surface area (Å²) in [5.41, 5.74) is 19.0. The molecule has 3 amide bonds. The zero-order chi connectivity index (χ0) is 61.9. The summed E-state index contributed by atoms with van der Waals surface area (Å²) < 4.78 is 48.6. The molecule has 5 heterocycles. The van der Waals surface area contributed by atoms with Gasteiger partial charge in [0.05, 0.1) is 11.9 Å². The van der Waals surface area contributed by atoms with E-state index in [-0.39, 0.29) is 42.8 Å². The summed E-state index contributed by atoms with van der Waals surface area (Å²) in [5, 5.41) is 9.54. The number of hydrogen-bond acceptors (Lipinski definition) is 11. The molecule has 0 radical (unpaired) electrons. The Bertz CT molecular complexity index is 2820. The Balaban J connectivity index is 0.000000232. The summed E-state index contributed by atoms with van der Waals surface area (Å²) in [7, 11) is 7.36. The highest BCUT2D eigenvalue weighted by molar-refractivity contribution is 9.09. The number of nitrogens with zero attached hydrogens (tertiary/aromatic N) is 6. The van der Waals surface area contributed by atoms with E-state index in [1.54, 1.807) is 9.80 Å². The molecule has 20 nitrogen and oxygen atoms in total. The number of likely N-dealkylation sites (tertiary alicyclic amines) is 2. The third kappa shape index (κ3) is 26.1. The maximum Gasteiger partial charge on any atom is 0.407 e. The van der Waals surface area contributed by atoms with Crippen molar-refractivity contribution in [3.63, 3.8) is 0 Å². The lowest BCUT2D eigenvalue weighted by Gasteiger charge is -2.28. The summed E-state index contributed by atoms with van der Waals surface area (Å²) in [6.45, 7) is 33.6. The van der Waals surface area contributed by atoms with Crippen molar-refractivity contribution in [2.75, 3.05) is 44.6 Å². The van der Waals surface area contributed by atoms with Crippen LogP contribution in [0.25, 0.3) is 9.69 Å². The van der Waals surface area contributed by atoms with Crippen LogP contribution in [0.3, 0.4) is 0 Å². The van der Waals surface area contributed by atoms with Gasteiger partial charge >= 0.3 is 18.4 Å². The largest absolute Gasteiger partial charge is 0.445 e. The highest BCUT2D eigenvalue weighted by atomic mass is 79.9. The van der Waals surface area contributed by atoms with E-state index in [1.165, 1.54) is 33.4 Å². The predicted octanol–water partition coefficient (Wildman–Crippen LogP) is 7.55. The molecule has 5 aliphatic rings. The molecule has 0 aliphatic carbocycles. The topological polar surface area (TPSA) is 246 Å². The third-order valence-electron chi connectivity index (χ3n) is 13.5. The highest BCUT2D eigenvalue weighted by Crippen LogP contribution is 2.25. The Hall–Kier alpha value is -4.74. The van der Waals surface area contributed by atoms with Crippen molar-refractivity contribution in [1.29, 1.82) is 0 Å². The van der Waals surface area contributed by atoms with Gasteiger partial charge in [-0.25, -0.2) is 48.6 Å². The zero-order valence-corrected chi connectivity index (χ0v) is 54.3. The van der Waals surface area contributed by atoms with Gasteiger partial charge in [-0.3, -0.25) is 29.1 Å². The number of benzene rings is 4. The Morgan fingerprint density at radius 1 is 0.667 bits per heavy atom. The SMILES string of the molecule is CC(C)(CN)NC(=O)OCc1ccccc1.CC(C)(N)CNS(=O)N1Cc2ccccc2C1.O=S(Cl)Cl.[C-]#[N+][C@@H]1CCCN1C(=O)CBr.[C-]#[N+][C@@H]1CCCN1C(=O)CNC(C)(C)CNS(=O)N1Cc2ccccc2C1.c1ccc2c(c1)CNC2. The molecular formula is C58H82BrCl2N13O7S3. The number of carbonyl (C=O) groups is 3. The maximum absolute atomic E-state index is 12.6. The van der Waals surface area contributed by atoms with E-state index in [2.05, 4.69) is 121 Å². The number of hydrogen-bond donors (Lipinski definition) is 7. The maximum atomic E-state index is 12.6. The van der Waals surface area contributed by atoms with Crippen molar-refractivity contribution in [3.8, 4) is 0 Å². The number of fused-ring (bicyclic) bond motifs is 3. The molecule has 4 aromatic rings. The van der Waals surface area contributed by atoms with Crippen LogP contribution in [-0.2, 0) is 91.8 Å². The van der Waals surface area contributed by atoms with Crippen molar-refractivity contribution >= 4 is 86.8 Å². The number of alkyl halides is 1. The van der Waals surface area contributed by atoms with Crippen LogP contribution < -0.4 is 36.9 Å². The standard InChI is InChI=1S/C19H27N5O2S.C12H19N3OS.C12H18N2O2.C8H9N.C7H9BrN2O.Cl2OS/c1-19(2,21-11-18(25)24-10-6-9-17(24)20-3)14-22-27(26)23-12-15-7-4-5-8-16(15)13-23;1-12(2,13)9-14-17(16)15-7-10-5-3-4-6-11(10)8-15;1-12(2,9-13)14-11(15)16-8-10-6-4-3-5-7-10;1-2-4-8-6-9-5-7(8)3-1;1-9-6-3-2-4-10(6)7(11)5-8;1-4(2)3/h4-5,7-8,17,21-22H,6,9-14H2,1-2H3;3-6,14H,7-9,13H2,1-2H3;3-7H,8-9,13H2,1-2H3,(H,14,15);1-4,9H,5-6H2;6H,2-5H2;/t17-,27?;;;;6-;/m0...0./s1. The van der Waals surface area contributed by atoms with Crippen LogP contribution in [0.1, 0.15) is 106 Å². The van der Waals surface area contributed by atoms with Crippen LogP contribution in [0.2, 0.25) is 0 Å². The molecule has 2 saturated heterocycles. The van der Waals surface area contributed by atoms with Crippen LogP contribution in [-0.4, -0.2) is 122 Å². The zero-order valence-electron chi connectivity index (χ0n) is 48.8. The average Bonchev–Trinajstić information content (AvgIpc) is 4.52. The van der Waals surface area contributed by atoms with Gasteiger partial charge < -0.3 is 32.2 Å². The quantitative estimate of drug-likeness (QED) is 0.0328. The van der Waals surface area contributed by atoms with E-state index >= 15 is 0 Å². The van der Waals surface area contributed by atoms with Crippen LogP contribution in [0, 0.1) is 13.1 Å². The van der Waals surface area contributed by atoms with Crippen LogP contribution in [0.5, 0.6) is 0 Å². The Labute approximate surface area is 521 Å². The summed E-state index contributed by atoms with van der Waals surface area (Å²) >= 11 is 0.639. The number of ether oxygens (including phenoxy) is 1. The molecule has 0 bridgehead atoms. The first-order valence-corrected chi connectivity index (χ1v) is 33.6. The minimum absolute atomic E-state index is 0.0310. The van der Waals surface area contributed by atoms with Crippen molar-refractivity contribution in [1.82, 2.24) is 43.8 Å². The van der Waals surface area contributed by atoms with Gasteiger partial charge in [-0.15, -0.1) is 0 Å². The molecule has 9 rings (SSSR count). The van der Waals surface area contributed by atoms with Crippen LogP contribution >= 0.6 is 37.3 Å². The fourth-order valence-corrected chi connectivity index (χ4v) is 11.4. The molecule has 26 heteroatoms. The summed E-state index contributed by atoms with van der Waals surface area (Å²) in [6, 6.07) is 34.4. The first kappa shape index (κ1) is 71.7. The van der Waals surface area contributed by atoms with E-state index in [1.807, 2.05) is 105 Å². The number of nitrogens with one attached hydrogen (secondary N) is 5. The molecule has 0 aromatic heterocycles. The van der Waals surface area contributed by atoms with E-state index in [0.29, 0.717) is 44.6 Å². The number of nitrogens with two attached hydrogens (primary N) is 2. The number of alkyl carbamates (subject to hydrolysis) is 1. The Morgan fingerprint density at radius 2 is 1.07 bits per heavy atom. The van der Waals surface area contributed by atoms with E-state index in [9.17, 15) is 22.8 Å². The lowest BCUT2D eigenvalue weighted by Crippen LogP contribution is -2.53. The fourth-order valence-electron chi connectivity index (χ4n) is 8.74. The summed E-state index contributed by atoms with van der Waals surface area (Å²) in [5.74, 6) is -0.0128. The molecule has 2 fully saturated rings. The van der Waals surface area contributed by atoms with Crippen molar-refractivity contribution in [2.45, 2.75) is 142 Å². The van der Waals surface area contributed by atoms with E-state index < -0.39 is 48.7 Å². The highest BCUT2D eigenvalue weighted by Gasteiger charge is 2.34. The molecule has 0 saturated carbocycles. The van der Waals surface area contributed by atoms with Crippen LogP contribution in [0.15, 0.2) is 103 Å². The first-order valence-electron chi connectivity index (χ1n) is 27.4. The van der Waals surface area contributed by atoms with Crippen LogP contribution in [0.4, 0.5) is 4.79 Å². The number of carbonyl (C=O) groups excluding carboxylic acids is 3. The lowest BCUT2D eigenvalue weighted by molar-refractivity contribution is -0.130. The molecule has 2 unspecified atom stereocenters. The number of rotatable bonds is 16. The summed E-state index contributed by atoms with van der Waals surface area (Å²) in [6.07, 6.45) is 2.50. The number of halogens is 3. The first-order chi connectivity index (χ1) is 39.9. The predicted molar refractivity (Wildman–Crippen MR) is 340 cm³/mol. The second-order valence-electron chi connectivity index (χ2n) is 22.1. The molecule has 4 aromatic carbocycles. The van der Waals surface area contributed by atoms with Gasteiger partial charge in [0.25, 0.3) is 0 Å². The second-order valence-corrected chi connectivity index (χ2v) is 27.8. The smallest absolute Gasteiger partial charge is 0.407 e. The second kappa shape index (κ2) is 36.4. The number of amides is 3. The Kier molecular flexibility index (Phi) is 31.1. The normalized spacial score (nSPS) is 17.6. The molecule has 84 heavy (non-hydrogen) atoms. The monoisotopic (exact) mass is 1320 g/mol. The van der Waals surface area contributed by atoms with Gasteiger partial charge in [0, 0.05) is 123 Å². The van der Waals surface area contributed by atoms with Gasteiger partial charge in [0.1, 0.15) is 6.61 Å². The molecule has 460 valence electrons.